The first-order valence-corrected chi connectivity index (χ1v) is 6.78. The molecule has 0 radical (unpaired) electrons. The number of hydrogen-bond donors (Lipinski definition) is 1. The number of aliphatic hydroxyl groups excluding tert-OH is 1. The molecule has 0 unspecified atom stereocenters. The van der Waals surface area contributed by atoms with Crippen LogP contribution in [-0.2, 0) is 10.0 Å². The number of hydrogen-bond acceptors (Lipinski definition) is 4. The van der Waals surface area contributed by atoms with E-state index in [0.717, 1.165) is 6.07 Å². The lowest BCUT2D eigenvalue weighted by atomic mass is 10.5. The number of alkyl halides is 3. The summed E-state index contributed by atoms with van der Waals surface area (Å²) in [5.74, 6) is 0. The summed E-state index contributed by atoms with van der Waals surface area (Å²) in [5.41, 5.74) is 0. The van der Waals surface area contributed by atoms with E-state index < -0.39 is 45.9 Å². The van der Waals surface area contributed by atoms with Crippen LogP contribution in [-0.4, -0.2) is 48.7 Å². The van der Waals surface area contributed by atoms with Crippen LogP contribution in [0.25, 0.3) is 0 Å². The second kappa shape index (κ2) is 6.04. The molecule has 0 amide bonds. The fraction of sp³-hybridized carbons (Fsp3) is 0.444. The molecule has 1 heterocycles. The Labute approximate surface area is 112 Å². The second-order valence-corrected chi connectivity index (χ2v) is 5.73. The van der Waals surface area contributed by atoms with Gasteiger partial charge in [-0.05, 0) is 12.1 Å². The molecule has 1 aromatic rings. The van der Waals surface area contributed by atoms with Crippen molar-refractivity contribution in [2.45, 2.75) is 11.1 Å². The highest BCUT2D eigenvalue weighted by Gasteiger charge is 2.37. The van der Waals surface area contributed by atoms with Crippen LogP contribution in [0.3, 0.4) is 0 Å². The molecule has 0 saturated carbocycles. The molecule has 0 bridgehead atoms. The molecule has 0 aliphatic heterocycles. The molecule has 0 aromatic carbocycles. The van der Waals surface area contributed by atoms with Crippen molar-refractivity contribution in [1.82, 2.24) is 9.29 Å². The Morgan fingerprint density at radius 3 is 2.53 bits per heavy atom. The third-order valence-corrected chi connectivity index (χ3v) is 4.34. The van der Waals surface area contributed by atoms with Crippen molar-refractivity contribution in [3.8, 4) is 0 Å². The van der Waals surface area contributed by atoms with E-state index >= 15 is 0 Å². The fourth-order valence-corrected chi connectivity index (χ4v) is 3.14. The van der Waals surface area contributed by atoms with E-state index in [2.05, 4.69) is 4.98 Å². The summed E-state index contributed by atoms with van der Waals surface area (Å²) in [6, 6.07) is 2.29. The minimum Gasteiger partial charge on any atom is -0.395 e. The zero-order valence-corrected chi connectivity index (χ0v) is 11.0. The van der Waals surface area contributed by atoms with Gasteiger partial charge in [0, 0.05) is 12.7 Å². The molecule has 108 valence electrons. The minimum atomic E-state index is -4.73. The van der Waals surface area contributed by atoms with Gasteiger partial charge < -0.3 is 5.11 Å². The van der Waals surface area contributed by atoms with E-state index in [-0.39, 0.29) is 4.31 Å². The summed E-state index contributed by atoms with van der Waals surface area (Å²) in [5, 5.41) is 8.27. The minimum absolute atomic E-state index is 0.107. The maximum absolute atomic E-state index is 12.3. The Morgan fingerprint density at radius 2 is 2.05 bits per heavy atom. The lowest BCUT2D eigenvalue weighted by molar-refractivity contribution is -0.136. The van der Waals surface area contributed by atoms with E-state index in [1.165, 1.54) is 12.3 Å². The molecule has 1 N–H and O–H groups in total. The number of halogens is 4. The Morgan fingerprint density at radius 1 is 1.42 bits per heavy atom. The monoisotopic (exact) mass is 318 g/mol. The zero-order chi connectivity index (χ0) is 14.7. The molecule has 1 aromatic heterocycles. The first-order chi connectivity index (χ1) is 8.68. The van der Waals surface area contributed by atoms with Crippen molar-refractivity contribution < 1.29 is 26.7 Å². The summed E-state index contributed by atoms with van der Waals surface area (Å²) in [6.07, 6.45) is -3.52. The van der Waals surface area contributed by atoms with Gasteiger partial charge in [0.05, 0.1) is 6.61 Å². The van der Waals surface area contributed by atoms with Crippen molar-refractivity contribution in [3.05, 3.63) is 23.5 Å². The molecule has 0 aliphatic carbocycles. The third-order valence-electron chi connectivity index (χ3n) is 2.05. The number of aliphatic hydroxyl groups is 1. The van der Waals surface area contributed by atoms with Gasteiger partial charge >= 0.3 is 6.18 Å². The van der Waals surface area contributed by atoms with Gasteiger partial charge in [-0.1, -0.05) is 11.6 Å². The summed E-state index contributed by atoms with van der Waals surface area (Å²) in [7, 11) is -4.47. The molecule has 0 atom stereocenters. The lowest BCUT2D eigenvalue weighted by Gasteiger charge is -2.22. The first-order valence-electron chi connectivity index (χ1n) is 4.97. The van der Waals surface area contributed by atoms with Gasteiger partial charge in [0.25, 0.3) is 0 Å². The average molecular weight is 319 g/mol. The van der Waals surface area contributed by atoms with Crippen molar-refractivity contribution in [2.24, 2.45) is 0 Å². The molecule has 1 rings (SSSR count). The van der Waals surface area contributed by atoms with Crippen molar-refractivity contribution in [2.75, 3.05) is 19.7 Å². The quantitative estimate of drug-likeness (QED) is 0.830. The Balaban J connectivity index is 3.17. The highest BCUT2D eigenvalue weighted by atomic mass is 35.5. The van der Waals surface area contributed by atoms with Gasteiger partial charge in [0.1, 0.15) is 16.6 Å². The highest BCUT2D eigenvalue weighted by molar-refractivity contribution is 7.89. The maximum Gasteiger partial charge on any atom is 0.402 e. The van der Waals surface area contributed by atoms with Crippen molar-refractivity contribution >= 4 is 21.6 Å². The smallest absolute Gasteiger partial charge is 0.395 e. The summed E-state index contributed by atoms with van der Waals surface area (Å²) in [4.78, 5) is 2.97. The summed E-state index contributed by atoms with van der Waals surface area (Å²) < 4.78 is 61.1. The average Bonchev–Trinajstić information content (AvgIpc) is 2.27. The van der Waals surface area contributed by atoms with Gasteiger partial charge in [-0.3, -0.25) is 0 Å². The van der Waals surface area contributed by atoms with E-state index in [4.69, 9.17) is 16.7 Å². The highest BCUT2D eigenvalue weighted by Crippen LogP contribution is 2.25. The van der Waals surface area contributed by atoms with Gasteiger partial charge in [0.2, 0.25) is 10.0 Å². The van der Waals surface area contributed by atoms with Gasteiger partial charge in [-0.2, -0.15) is 17.5 Å². The van der Waals surface area contributed by atoms with Gasteiger partial charge in [-0.25, -0.2) is 13.4 Å². The number of nitrogens with zero attached hydrogens (tertiary/aromatic N) is 2. The van der Waals surface area contributed by atoms with E-state index in [1.807, 2.05) is 0 Å². The van der Waals surface area contributed by atoms with Crippen LogP contribution in [0.4, 0.5) is 13.2 Å². The maximum atomic E-state index is 12.3. The van der Waals surface area contributed by atoms with E-state index in [0.29, 0.717) is 0 Å². The Bertz CT molecular complexity index is 536. The van der Waals surface area contributed by atoms with Crippen LogP contribution in [0.2, 0.25) is 5.15 Å². The topological polar surface area (TPSA) is 70.5 Å². The third kappa shape index (κ3) is 4.30. The van der Waals surface area contributed by atoms with Crippen LogP contribution in [0.1, 0.15) is 0 Å². The molecule has 0 fully saturated rings. The van der Waals surface area contributed by atoms with Gasteiger partial charge in [-0.15, -0.1) is 0 Å². The normalized spacial score (nSPS) is 12.9. The molecule has 0 spiro atoms. The van der Waals surface area contributed by atoms with Crippen LogP contribution in [0.5, 0.6) is 0 Å². The molecule has 0 saturated heterocycles. The molecule has 0 aliphatic rings. The van der Waals surface area contributed by atoms with Crippen LogP contribution < -0.4 is 0 Å². The first kappa shape index (κ1) is 16.2. The molecule has 19 heavy (non-hydrogen) atoms. The lowest BCUT2D eigenvalue weighted by Crippen LogP contribution is -2.40. The number of sulfonamides is 1. The largest absolute Gasteiger partial charge is 0.402 e. The number of pyridine rings is 1. The van der Waals surface area contributed by atoms with Crippen molar-refractivity contribution in [1.29, 1.82) is 0 Å². The van der Waals surface area contributed by atoms with E-state index in [9.17, 15) is 21.6 Å². The number of rotatable bonds is 5. The van der Waals surface area contributed by atoms with Crippen molar-refractivity contribution in [3.63, 3.8) is 0 Å². The SMILES string of the molecule is O=S(=O)(c1cccnc1Cl)N(CCO)CC(F)(F)F. The summed E-state index contributed by atoms with van der Waals surface area (Å²) in [6.45, 7) is -3.14. The second-order valence-electron chi connectivity index (χ2n) is 3.47. The fourth-order valence-electron chi connectivity index (χ4n) is 1.30. The van der Waals surface area contributed by atoms with Gasteiger partial charge in [0.15, 0.2) is 0 Å². The number of aromatic nitrogens is 1. The molecular formula is C9H10ClF3N2O3S. The molecular weight excluding hydrogens is 309 g/mol. The van der Waals surface area contributed by atoms with Crippen LogP contribution in [0.15, 0.2) is 23.2 Å². The predicted octanol–water partition coefficient (Wildman–Crippen LogP) is 1.28. The summed E-state index contributed by atoms with van der Waals surface area (Å²) >= 11 is 5.56. The Hall–Kier alpha value is -0.900. The standard InChI is InChI=1S/C9H10ClF3N2O3S/c10-8-7(2-1-3-14-8)19(17,18)15(4-5-16)6-9(11,12)13/h1-3,16H,4-6H2. The zero-order valence-electron chi connectivity index (χ0n) is 9.43. The van der Waals surface area contributed by atoms with Crippen LogP contribution >= 0.6 is 11.6 Å². The van der Waals surface area contributed by atoms with Crippen LogP contribution in [0, 0.1) is 0 Å². The van der Waals surface area contributed by atoms with E-state index in [1.54, 1.807) is 0 Å². The molecule has 5 nitrogen and oxygen atoms in total. The molecule has 10 heteroatoms. The Kier molecular flexibility index (Phi) is 5.13. The predicted molar refractivity (Wildman–Crippen MR) is 61.1 cm³/mol.